The Labute approximate surface area is 411 Å². The van der Waals surface area contributed by atoms with E-state index in [0.717, 1.165) is 74.6 Å². The number of thioether (sulfide) groups is 2. The standard InChI is InChI=1S/2C25H32N2O5S2/c2*1-5-7-14-25(6-2)18-27(19-11-9-8-10-12-19)20-16-22(33-4)21(32-15-13-24(28)29)17-23(20)34(30,31)26(25)3/h2*8-13,15-17H,5-7,14,18H2,1-4H3,(H,28,29)/b2*15-13+/t2*25-/m10/s1. The minimum Gasteiger partial charge on any atom is -0.478 e. The highest BCUT2D eigenvalue weighted by atomic mass is 32.2. The normalized spacial score (nSPS) is 20.2. The summed E-state index contributed by atoms with van der Waals surface area (Å²) in [7, 11) is -4.42. The van der Waals surface area contributed by atoms with Gasteiger partial charge in [-0.25, -0.2) is 26.4 Å². The highest BCUT2D eigenvalue weighted by molar-refractivity contribution is 7.99. The Kier molecular flexibility index (Phi) is 18.7. The van der Waals surface area contributed by atoms with E-state index in [9.17, 15) is 26.4 Å². The largest absolute Gasteiger partial charge is 0.478 e. The number of aliphatic carboxylic acids is 2. The number of rotatable bonds is 18. The fraction of sp³-hybridized carbons (Fsp3) is 0.400. The molecular formula is C50H64N4O10S4. The number of para-hydroxylation sites is 2. The number of anilines is 4. The molecule has 2 N–H and O–H groups in total. The zero-order chi connectivity index (χ0) is 49.9. The number of carboxylic acids is 2. The van der Waals surface area contributed by atoms with Gasteiger partial charge in [0.2, 0.25) is 20.0 Å². The second kappa shape index (κ2) is 23.6. The van der Waals surface area contributed by atoms with Gasteiger partial charge >= 0.3 is 11.9 Å². The van der Waals surface area contributed by atoms with Crippen molar-refractivity contribution in [3.63, 3.8) is 0 Å². The molecule has 4 aromatic carbocycles. The molecular weight excluding hydrogens is 945 g/mol. The Hall–Kier alpha value is -4.98. The predicted molar refractivity (Wildman–Crippen MR) is 273 cm³/mol. The van der Waals surface area contributed by atoms with Gasteiger partial charge in [-0.1, -0.05) is 89.8 Å². The van der Waals surface area contributed by atoms with Crippen LogP contribution in [-0.4, -0.2) is 98.4 Å². The smallest absolute Gasteiger partial charge is 0.331 e. The van der Waals surface area contributed by atoms with E-state index in [1.807, 2.05) is 99.2 Å². The van der Waals surface area contributed by atoms with Crippen LogP contribution in [0.25, 0.3) is 0 Å². The summed E-state index contributed by atoms with van der Waals surface area (Å²) < 4.78 is 70.2. The van der Waals surface area contributed by atoms with Crippen molar-refractivity contribution in [2.45, 2.75) is 110 Å². The lowest BCUT2D eigenvalue weighted by Gasteiger charge is -2.41. The number of unbranched alkanes of at least 4 members (excludes halogenated alkanes) is 2. The van der Waals surface area contributed by atoms with Gasteiger partial charge in [0.1, 0.15) is 21.3 Å². The average molecular weight is 1010 g/mol. The van der Waals surface area contributed by atoms with Crippen LogP contribution in [0, 0.1) is 0 Å². The van der Waals surface area contributed by atoms with E-state index in [4.69, 9.17) is 19.7 Å². The van der Waals surface area contributed by atoms with Crippen molar-refractivity contribution in [1.29, 1.82) is 0 Å². The van der Waals surface area contributed by atoms with Gasteiger partial charge in [0.15, 0.2) is 0 Å². The number of nitrogens with zero attached hydrogens (tertiary/aromatic N) is 4. The average Bonchev–Trinajstić information content (AvgIpc) is 3.45. The lowest BCUT2D eigenvalue weighted by molar-refractivity contribution is -0.132. The number of carboxylic acid groups (broad SMARTS) is 2. The van der Waals surface area contributed by atoms with Gasteiger partial charge in [0.05, 0.1) is 56.9 Å². The van der Waals surface area contributed by atoms with Crippen LogP contribution in [0.5, 0.6) is 11.5 Å². The molecule has 368 valence electrons. The van der Waals surface area contributed by atoms with Gasteiger partial charge < -0.3 is 29.5 Å². The Morgan fingerprint density at radius 1 is 0.618 bits per heavy atom. The van der Waals surface area contributed by atoms with Crippen LogP contribution in [0.4, 0.5) is 22.7 Å². The molecule has 14 nitrogen and oxygen atoms in total. The highest BCUT2D eigenvalue weighted by Crippen LogP contribution is 2.48. The lowest BCUT2D eigenvalue weighted by Crippen LogP contribution is -2.53. The number of hydrogen-bond donors (Lipinski definition) is 2. The Morgan fingerprint density at radius 2 is 0.971 bits per heavy atom. The molecule has 18 heteroatoms. The molecule has 4 aromatic rings. The van der Waals surface area contributed by atoms with Crippen molar-refractivity contribution in [2.24, 2.45) is 0 Å². The highest BCUT2D eigenvalue weighted by Gasteiger charge is 2.48. The first-order valence-corrected chi connectivity index (χ1v) is 27.9. The SMILES string of the molecule is CCCC[C@@]1(CC)CN(c2ccccc2)c2cc(SC)c(O/C=C/C(=O)O)cc2S(=O)(=O)N1C.CCCC[C@]1(CC)CN(c2ccccc2)c2cc(SC)c(O/C=C/C(=O)O)cc2S(=O)(=O)N1C. The molecule has 0 bridgehead atoms. The van der Waals surface area contributed by atoms with Crippen LogP contribution in [0.15, 0.2) is 129 Å². The fourth-order valence-corrected chi connectivity index (χ4v) is 13.3. The van der Waals surface area contributed by atoms with E-state index in [1.54, 1.807) is 14.1 Å². The van der Waals surface area contributed by atoms with Gasteiger partial charge in [-0.05, 0) is 74.6 Å². The summed E-state index contributed by atoms with van der Waals surface area (Å²) in [6.45, 7) is 9.33. The first-order valence-electron chi connectivity index (χ1n) is 22.6. The zero-order valence-corrected chi connectivity index (χ0v) is 43.3. The molecule has 0 fully saturated rings. The van der Waals surface area contributed by atoms with Crippen LogP contribution in [0.2, 0.25) is 0 Å². The quantitative estimate of drug-likeness (QED) is 0.0547. The fourth-order valence-electron chi connectivity index (χ4n) is 8.68. The molecule has 2 atom stereocenters. The number of sulfonamides is 2. The molecule has 0 spiro atoms. The van der Waals surface area contributed by atoms with Crippen molar-refractivity contribution < 1.29 is 46.1 Å². The van der Waals surface area contributed by atoms with E-state index in [0.29, 0.717) is 58.6 Å². The number of carbonyl (C=O) groups is 2. The van der Waals surface area contributed by atoms with E-state index in [1.165, 1.54) is 44.3 Å². The van der Waals surface area contributed by atoms with Crippen LogP contribution in [-0.2, 0) is 29.6 Å². The molecule has 0 saturated carbocycles. The first-order chi connectivity index (χ1) is 32.4. The molecule has 0 unspecified atom stereocenters. The Balaban J connectivity index is 0.000000254. The second-order valence-electron chi connectivity index (χ2n) is 16.6. The zero-order valence-electron chi connectivity index (χ0n) is 40.0. The molecule has 2 aliphatic heterocycles. The van der Waals surface area contributed by atoms with Crippen molar-refractivity contribution in [2.75, 3.05) is 49.5 Å². The number of ether oxygens (including phenoxy) is 2. The molecule has 0 saturated heterocycles. The second-order valence-corrected chi connectivity index (χ2v) is 22.2. The molecule has 0 aliphatic carbocycles. The maximum Gasteiger partial charge on any atom is 0.331 e. The summed E-state index contributed by atoms with van der Waals surface area (Å²) in [5.41, 5.74) is 1.82. The van der Waals surface area contributed by atoms with Gasteiger partial charge in [-0.15, -0.1) is 23.5 Å². The summed E-state index contributed by atoms with van der Waals surface area (Å²) in [6, 6.07) is 26.3. The van der Waals surface area contributed by atoms with E-state index in [2.05, 4.69) is 23.6 Å². The third kappa shape index (κ3) is 11.7. The monoisotopic (exact) mass is 1010 g/mol. The molecule has 0 radical (unpaired) electrons. The van der Waals surface area contributed by atoms with Crippen molar-refractivity contribution in [3.8, 4) is 11.5 Å². The Morgan fingerprint density at radius 3 is 1.26 bits per heavy atom. The summed E-state index contributed by atoms with van der Waals surface area (Å²) in [5.74, 6) is -1.70. The van der Waals surface area contributed by atoms with Crippen molar-refractivity contribution >= 4 is 78.3 Å². The number of fused-ring (bicyclic) bond motifs is 2. The van der Waals surface area contributed by atoms with Crippen molar-refractivity contribution in [1.82, 2.24) is 8.61 Å². The molecule has 2 aliphatic rings. The minimum atomic E-state index is -3.88. The van der Waals surface area contributed by atoms with Crippen LogP contribution in [0.1, 0.15) is 79.1 Å². The number of likely N-dealkylation sites (N-methyl/N-ethyl adjacent to an activating group) is 2. The van der Waals surface area contributed by atoms with Crippen LogP contribution in [0.3, 0.4) is 0 Å². The molecule has 0 aromatic heterocycles. The van der Waals surface area contributed by atoms with Gasteiger partial charge in [-0.2, -0.15) is 8.61 Å². The number of hydrogen-bond acceptors (Lipinski definition) is 12. The minimum absolute atomic E-state index is 0.141. The van der Waals surface area contributed by atoms with E-state index in [-0.39, 0.29) is 9.79 Å². The molecule has 2 heterocycles. The summed E-state index contributed by atoms with van der Waals surface area (Å²) >= 11 is 2.82. The van der Waals surface area contributed by atoms with Gasteiger partial charge in [0, 0.05) is 50.7 Å². The Bertz CT molecular complexity index is 2490. The summed E-state index contributed by atoms with van der Waals surface area (Å²) in [5, 5.41) is 17.8. The van der Waals surface area contributed by atoms with Gasteiger partial charge in [0.25, 0.3) is 0 Å². The maximum absolute atomic E-state index is 14.0. The molecule has 6 rings (SSSR count). The van der Waals surface area contributed by atoms with Crippen LogP contribution < -0.4 is 19.3 Å². The third-order valence-corrected chi connectivity index (χ3v) is 18.3. The van der Waals surface area contributed by atoms with Crippen molar-refractivity contribution in [3.05, 3.63) is 110 Å². The van der Waals surface area contributed by atoms with Gasteiger partial charge in [-0.3, -0.25) is 0 Å². The lowest BCUT2D eigenvalue weighted by atomic mass is 9.88. The van der Waals surface area contributed by atoms with Crippen LogP contribution >= 0.6 is 23.5 Å². The third-order valence-electron chi connectivity index (χ3n) is 12.8. The number of benzene rings is 4. The van der Waals surface area contributed by atoms with E-state index >= 15 is 0 Å². The first kappa shape index (κ1) is 54.0. The maximum atomic E-state index is 14.0. The topological polar surface area (TPSA) is 174 Å². The molecule has 68 heavy (non-hydrogen) atoms. The van der Waals surface area contributed by atoms with E-state index < -0.39 is 43.1 Å². The predicted octanol–water partition coefficient (Wildman–Crippen LogP) is 11.0. The summed E-state index contributed by atoms with van der Waals surface area (Å²) in [6.07, 6.45) is 14.2. The summed E-state index contributed by atoms with van der Waals surface area (Å²) in [4.78, 5) is 27.6. The molecule has 0 amide bonds.